The third-order valence-electron chi connectivity index (χ3n) is 6.27. The highest BCUT2D eigenvalue weighted by molar-refractivity contribution is 5.82. The topological polar surface area (TPSA) is 41.6 Å². The summed E-state index contributed by atoms with van der Waals surface area (Å²) < 4.78 is 18.7. The molecule has 2 fully saturated rings. The van der Waals surface area contributed by atoms with E-state index in [0.29, 0.717) is 17.6 Å². The molecule has 1 aliphatic heterocycles. The number of methoxy groups -OCH3 is 1. The first-order valence-electron chi connectivity index (χ1n) is 10.5. The molecule has 1 saturated carbocycles. The Bertz CT molecular complexity index is 834. The first kappa shape index (κ1) is 19.9. The number of nitrogens with one attached hydrogen (secondary N) is 1. The molecule has 1 saturated heterocycles. The van der Waals surface area contributed by atoms with E-state index in [1.54, 1.807) is 13.2 Å². The minimum atomic E-state index is -0.273. The maximum atomic E-state index is 13.4. The lowest BCUT2D eigenvalue weighted by Crippen LogP contribution is -2.38. The highest BCUT2D eigenvalue weighted by Crippen LogP contribution is 2.47. The Morgan fingerprint density at radius 2 is 1.93 bits per heavy atom. The summed E-state index contributed by atoms with van der Waals surface area (Å²) in [5, 5.41) is 3.18. The van der Waals surface area contributed by atoms with Crippen LogP contribution in [0.25, 0.3) is 0 Å². The molecule has 2 aromatic rings. The van der Waals surface area contributed by atoms with Crippen molar-refractivity contribution in [3.05, 3.63) is 65.5 Å². The summed E-state index contributed by atoms with van der Waals surface area (Å²) in [5.41, 5.74) is 2.29. The molecule has 29 heavy (non-hydrogen) atoms. The van der Waals surface area contributed by atoms with E-state index < -0.39 is 0 Å². The number of amides is 1. The Labute approximate surface area is 172 Å². The van der Waals surface area contributed by atoms with Crippen LogP contribution < -0.4 is 10.1 Å². The maximum Gasteiger partial charge on any atom is 0.223 e. The zero-order chi connectivity index (χ0) is 20.2. The third-order valence-corrected chi connectivity index (χ3v) is 6.27. The largest absolute Gasteiger partial charge is 0.496 e. The number of nitrogens with zero attached hydrogens (tertiary/aromatic N) is 1. The second-order valence-corrected chi connectivity index (χ2v) is 8.28. The molecule has 2 aromatic carbocycles. The van der Waals surface area contributed by atoms with Crippen LogP contribution in [-0.4, -0.2) is 37.6 Å². The minimum absolute atomic E-state index is 0.142. The summed E-state index contributed by atoms with van der Waals surface area (Å²) in [5.74, 6) is 1.60. The quantitative estimate of drug-likeness (QED) is 0.770. The molecule has 2 atom stereocenters. The number of hydrogen-bond acceptors (Lipinski definition) is 3. The molecule has 4 nitrogen and oxygen atoms in total. The molecular formula is C24H29FN2O2. The molecular weight excluding hydrogens is 367 g/mol. The SMILES string of the molecule is COc1cc(F)ccc1CN1CCC(CNC(=O)[C@@H]2C[C@H]2c2ccccc2)CC1. The monoisotopic (exact) mass is 396 g/mol. The summed E-state index contributed by atoms with van der Waals surface area (Å²) in [6, 6.07) is 15.1. The van der Waals surface area contributed by atoms with Gasteiger partial charge in [0.25, 0.3) is 0 Å². The van der Waals surface area contributed by atoms with Crippen molar-refractivity contribution >= 4 is 5.91 Å². The number of carbonyl (C=O) groups is 1. The van der Waals surface area contributed by atoms with Crippen molar-refractivity contribution in [3.63, 3.8) is 0 Å². The first-order valence-corrected chi connectivity index (χ1v) is 10.5. The van der Waals surface area contributed by atoms with Crippen LogP contribution in [0, 0.1) is 17.7 Å². The fourth-order valence-corrected chi connectivity index (χ4v) is 4.37. The van der Waals surface area contributed by atoms with Gasteiger partial charge in [-0.15, -0.1) is 0 Å². The van der Waals surface area contributed by atoms with Crippen molar-refractivity contribution in [3.8, 4) is 5.75 Å². The molecule has 4 rings (SSSR count). The first-order chi connectivity index (χ1) is 14.1. The number of ether oxygens (including phenoxy) is 1. The lowest BCUT2D eigenvalue weighted by molar-refractivity contribution is -0.122. The summed E-state index contributed by atoms with van der Waals surface area (Å²) in [6.45, 7) is 3.50. The van der Waals surface area contributed by atoms with E-state index >= 15 is 0 Å². The molecule has 154 valence electrons. The molecule has 0 spiro atoms. The van der Waals surface area contributed by atoms with Gasteiger partial charge in [0, 0.05) is 30.6 Å². The number of halogens is 1. The van der Waals surface area contributed by atoms with Gasteiger partial charge in [-0.1, -0.05) is 36.4 Å². The Morgan fingerprint density at radius 1 is 1.17 bits per heavy atom. The van der Waals surface area contributed by atoms with Crippen LogP contribution in [0.1, 0.15) is 36.3 Å². The van der Waals surface area contributed by atoms with Gasteiger partial charge in [0.15, 0.2) is 0 Å². The molecule has 1 N–H and O–H groups in total. The van der Waals surface area contributed by atoms with Crippen molar-refractivity contribution in [1.29, 1.82) is 0 Å². The van der Waals surface area contributed by atoms with E-state index in [0.717, 1.165) is 51.0 Å². The number of benzene rings is 2. The van der Waals surface area contributed by atoms with Crippen LogP contribution in [0.2, 0.25) is 0 Å². The molecule has 0 aromatic heterocycles. The molecule has 5 heteroatoms. The van der Waals surface area contributed by atoms with E-state index in [9.17, 15) is 9.18 Å². The summed E-state index contributed by atoms with van der Waals surface area (Å²) in [4.78, 5) is 14.8. The van der Waals surface area contributed by atoms with Gasteiger partial charge < -0.3 is 10.1 Å². The standard InChI is InChI=1S/C24H29FN2O2/c1-29-23-13-20(25)8-7-19(23)16-27-11-9-17(10-12-27)15-26-24(28)22-14-21(22)18-5-3-2-4-6-18/h2-8,13,17,21-22H,9-12,14-16H2,1H3,(H,26,28)/t21-,22+/m0/s1. The third kappa shape index (κ3) is 4.96. The second kappa shape index (κ2) is 8.95. The van der Waals surface area contributed by atoms with Crippen molar-refractivity contribution < 1.29 is 13.9 Å². The Kier molecular flexibility index (Phi) is 6.14. The van der Waals surface area contributed by atoms with Gasteiger partial charge >= 0.3 is 0 Å². The Balaban J connectivity index is 1.19. The normalized spacial score (nSPS) is 22.3. The molecule has 2 aliphatic rings. The lowest BCUT2D eigenvalue weighted by Gasteiger charge is -2.32. The molecule has 0 radical (unpaired) electrons. The van der Waals surface area contributed by atoms with Crippen molar-refractivity contribution in [2.45, 2.75) is 31.7 Å². The van der Waals surface area contributed by atoms with Crippen LogP contribution in [0.15, 0.2) is 48.5 Å². The van der Waals surface area contributed by atoms with Gasteiger partial charge in [0.2, 0.25) is 5.91 Å². The summed E-state index contributed by atoms with van der Waals surface area (Å²) >= 11 is 0. The zero-order valence-corrected chi connectivity index (χ0v) is 16.9. The number of carbonyl (C=O) groups excluding carboxylic acids is 1. The fourth-order valence-electron chi connectivity index (χ4n) is 4.37. The lowest BCUT2D eigenvalue weighted by atomic mass is 9.96. The van der Waals surface area contributed by atoms with Crippen LogP contribution >= 0.6 is 0 Å². The number of hydrogen-bond donors (Lipinski definition) is 1. The number of piperidine rings is 1. The average Bonchev–Trinajstić information content (AvgIpc) is 3.56. The van der Waals surface area contributed by atoms with Gasteiger partial charge in [-0.25, -0.2) is 4.39 Å². The number of rotatable bonds is 7. The molecule has 0 bridgehead atoms. The van der Waals surface area contributed by atoms with Gasteiger partial charge in [-0.3, -0.25) is 9.69 Å². The van der Waals surface area contributed by atoms with E-state index in [1.807, 2.05) is 18.2 Å². The molecule has 1 amide bonds. The second-order valence-electron chi connectivity index (χ2n) is 8.28. The summed E-state index contributed by atoms with van der Waals surface area (Å²) in [6.07, 6.45) is 3.10. The highest BCUT2D eigenvalue weighted by Gasteiger charge is 2.43. The van der Waals surface area contributed by atoms with E-state index in [2.05, 4.69) is 22.3 Å². The maximum absolute atomic E-state index is 13.4. The van der Waals surface area contributed by atoms with Gasteiger partial charge in [0.1, 0.15) is 11.6 Å². The van der Waals surface area contributed by atoms with Crippen LogP contribution in [0.4, 0.5) is 4.39 Å². The Hall–Kier alpha value is -2.40. The average molecular weight is 397 g/mol. The molecule has 1 aliphatic carbocycles. The Morgan fingerprint density at radius 3 is 2.66 bits per heavy atom. The van der Waals surface area contributed by atoms with Crippen LogP contribution in [0.3, 0.4) is 0 Å². The van der Waals surface area contributed by atoms with Crippen molar-refractivity contribution in [2.24, 2.45) is 11.8 Å². The van der Waals surface area contributed by atoms with Crippen LogP contribution in [0.5, 0.6) is 5.75 Å². The van der Waals surface area contributed by atoms with Gasteiger partial charge in [-0.05, 0) is 55.8 Å². The predicted octanol–water partition coefficient (Wildman–Crippen LogP) is 3.97. The van der Waals surface area contributed by atoms with E-state index in [1.165, 1.54) is 17.7 Å². The van der Waals surface area contributed by atoms with E-state index in [-0.39, 0.29) is 17.6 Å². The fraction of sp³-hybridized carbons (Fsp3) is 0.458. The zero-order valence-electron chi connectivity index (χ0n) is 16.9. The minimum Gasteiger partial charge on any atom is -0.496 e. The highest BCUT2D eigenvalue weighted by atomic mass is 19.1. The van der Waals surface area contributed by atoms with Crippen molar-refractivity contribution in [1.82, 2.24) is 10.2 Å². The summed E-state index contributed by atoms with van der Waals surface area (Å²) in [7, 11) is 1.58. The van der Waals surface area contributed by atoms with E-state index in [4.69, 9.17) is 4.74 Å². The predicted molar refractivity (Wildman–Crippen MR) is 111 cm³/mol. The smallest absolute Gasteiger partial charge is 0.223 e. The number of likely N-dealkylation sites (tertiary alicyclic amines) is 1. The van der Waals surface area contributed by atoms with Crippen molar-refractivity contribution in [2.75, 3.05) is 26.7 Å². The van der Waals surface area contributed by atoms with Gasteiger partial charge in [0.05, 0.1) is 7.11 Å². The van der Waals surface area contributed by atoms with Crippen LogP contribution in [-0.2, 0) is 11.3 Å². The van der Waals surface area contributed by atoms with Gasteiger partial charge in [-0.2, -0.15) is 0 Å². The molecule has 1 heterocycles. The molecule has 0 unspecified atom stereocenters.